The molecule has 1 aromatic heterocycles. The molecule has 0 bridgehead atoms. The summed E-state index contributed by atoms with van der Waals surface area (Å²) in [5.41, 5.74) is 4.58. The molecule has 0 spiro atoms. The molecule has 1 fully saturated rings. The van der Waals surface area contributed by atoms with Crippen molar-refractivity contribution in [1.29, 1.82) is 0 Å². The van der Waals surface area contributed by atoms with E-state index in [2.05, 4.69) is 9.47 Å². The Labute approximate surface area is 241 Å². The van der Waals surface area contributed by atoms with Crippen LogP contribution in [0.1, 0.15) is 28.9 Å². The monoisotopic (exact) mass is 581 g/mol. The fourth-order valence-corrected chi connectivity index (χ4v) is 5.40. The highest BCUT2D eigenvalue weighted by molar-refractivity contribution is 6.30. The number of benzene rings is 3. The third kappa shape index (κ3) is 6.14. The first-order valence-electron chi connectivity index (χ1n) is 13.5. The molecule has 1 atom stereocenters. The van der Waals surface area contributed by atoms with Crippen molar-refractivity contribution in [3.63, 3.8) is 0 Å². The molecule has 0 amide bonds. The smallest absolute Gasteiger partial charge is 0.166 e. The molecule has 7 nitrogen and oxygen atoms in total. The molecule has 6 rings (SSSR count). The Kier molecular flexibility index (Phi) is 8.32. The van der Waals surface area contributed by atoms with Crippen LogP contribution in [0.2, 0.25) is 5.02 Å². The molecule has 0 radical (unpaired) electrons. The van der Waals surface area contributed by atoms with Gasteiger partial charge in [-0.15, -0.1) is 0 Å². The SMILES string of the molecule is OCOCc1ccc2nc(CN3CC=C(c4cccc(COc5ccc(Cl)cc5F)c4F)C3)n(C[C@@H]3CCO3)c2c1. The minimum absolute atomic E-state index is 0.0219. The number of aliphatic hydroxyl groups is 1. The summed E-state index contributed by atoms with van der Waals surface area (Å²) in [5, 5.41) is 9.30. The molecule has 3 heterocycles. The van der Waals surface area contributed by atoms with Crippen LogP contribution in [0.4, 0.5) is 8.78 Å². The zero-order chi connectivity index (χ0) is 28.3. The normalized spacial score (nSPS) is 17.2. The minimum Gasteiger partial charge on any atom is -0.486 e. The Hall–Kier alpha value is -3.34. The summed E-state index contributed by atoms with van der Waals surface area (Å²) in [6.07, 6.45) is 3.19. The molecule has 2 aliphatic heterocycles. The third-order valence-corrected chi connectivity index (χ3v) is 7.72. The van der Waals surface area contributed by atoms with E-state index in [-0.39, 0.29) is 36.1 Å². The molecule has 10 heteroatoms. The predicted molar refractivity (Wildman–Crippen MR) is 151 cm³/mol. The maximum absolute atomic E-state index is 15.6. The number of hydrogen-bond donors (Lipinski definition) is 1. The van der Waals surface area contributed by atoms with Gasteiger partial charge in [0, 0.05) is 35.8 Å². The number of aliphatic hydroxyl groups excluding tert-OH is 1. The largest absolute Gasteiger partial charge is 0.486 e. The number of nitrogens with zero attached hydrogens (tertiary/aromatic N) is 3. The Morgan fingerprint density at radius 2 is 1.98 bits per heavy atom. The van der Waals surface area contributed by atoms with Gasteiger partial charge in [0.05, 0.1) is 36.8 Å². The third-order valence-electron chi connectivity index (χ3n) is 7.49. The first-order valence-corrected chi connectivity index (χ1v) is 13.9. The van der Waals surface area contributed by atoms with Crippen LogP contribution < -0.4 is 4.74 Å². The molecule has 3 aromatic carbocycles. The molecule has 0 aliphatic carbocycles. The van der Waals surface area contributed by atoms with Gasteiger partial charge in [-0.05, 0) is 47.9 Å². The Morgan fingerprint density at radius 1 is 1.10 bits per heavy atom. The molecule has 0 unspecified atom stereocenters. The minimum atomic E-state index is -0.590. The van der Waals surface area contributed by atoms with Crippen LogP contribution in [0.25, 0.3) is 16.6 Å². The lowest BCUT2D eigenvalue weighted by Crippen LogP contribution is -2.32. The molecule has 1 saturated heterocycles. The Morgan fingerprint density at radius 3 is 2.76 bits per heavy atom. The molecular formula is C31H30ClF2N3O4. The van der Waals surface area contributed by atoms with Crippen molar-refractivity contribution in [3.8, 4) is 5.75 Å². The summed E-state index contributed by atoms with van der Waals surface area (Å²) in [6.45, 7) is 3.16. The number of imidazole rings is 1. The van der Waals surface area contributed by atoms with Crippen molar-refractivity contribution in [3.05, 3.63) is 99.8 Å². The van der Waals surface area contributed by atoms with Crippen LogP contribution in [0.15, 0.2) is 60.7 Å². The lowest BCUT2D eigenvalue weighted by molar-refractivity contribution is -0.0591. The van der Waals surface area contributed by atoms with Crippen molar-refractivity contribution in [1.82, 2.24) is 14.5 Å². The van der Waals surface area contributed by atoms with E-state index in [0.29, 0.717) is 43.9 Å². The van der Waals surface area contributed by atoms with Crippen LogP contribution in [-0.4, -0.2) is 52.2 Å². The second kappa shape index (κ2) is 12.3. The van der Waals surface area contributed by atoms with Crippen LogP contribution in [0, 0.1) is 11.6 Å². The van der Waals surface area contributed by atoms with Crippen LogP contribution in [-0.2, 0) is 35.8 Å². The van der Waals surface area contributed by atoms with Gasteiger partial charge in [0.25, 0.3) is 0 Å². The highest BCUT2D eigenvalue weighted by Gasteiger charge is 2.25. The van der Waals surface area contributed by atoms with Crippen LogP contribution in [0.5, 0.6) is 5.75 Å². The quantitative estimate of drug-likeness (QED) is 0.229. The van der Waals surface area contributed by atoms with Crippen molar-refractivity contribution in [2.24, 2.45) is 0 Å². The van der Waals surface area contributed by atoms with Gasteiger partial charge in [-0.25, -0.2) is 13.8 Å². The van der Waals surface area contributed by atoms with Gasteiger partial charge >= 0.3 is 0 Å². The standard InChI is InChI=1S/C31H30ClF2N3O4/c32-23-5-7-29(26(33)13-23)41-18-22-2-1-3-25(31(22)34)21-8-10-36(14-21)16-30-35-27-6-4-20(17-39-19-38)12-28(27)37(30)15-24-9-11-40-24/h1-8,12-13,24,38H,9-11,14-19H2/t24-/m0/s1. The molecule has 41 heavy (non-hydrogen) atoms. The second-order valence-electron chi connectivity index (χ2n) is 10.3. The second-order valence-corrected chi connectivity index (χ2v) is 10.7. The van der Waals surface area contributed by atoms with Gasteiger partial charge in [-0.3, -0.25) is 4.90 Å². The van der Waals surface area contributed by atoms with E-state index in [4.69, 9.17) is 35.9 Å². The average molecular weight is 582 g/mol. The molecule has 214 valence electrons. The maximum Gasteiger partial charge on any atom is 0.166 e. The van der Waals surface area contributed by atoms with Crippen molar-refractivity contribution in [2.45, 2.75) is 38.8 Å². The number of ether oxygens (including phenoxy) is 3. The Bertz CT molecular complexity index is 1590. The van der Waals surface area contributed by atoms with Crippen molar-refractivity contribution >= 4 is 28.2 Å². The number of fused-ring (bicyclic) bond motifs is 1. The first kappa shape index (κ1) is 27.8. The van der Waals surface area contributed by atoms with Crippen LogP contribution in [0.3, 0.4) is 0 Å². The molecule has 4 aromatic rings. The summed E-state index contributed by atoms with van der Waals surface area (Å²) >= 11 is 5.81. The van der Waals surface area contributed by atoms with Gasteiger partial charge in [0.2, 0.25) is 0 Å². The molecule has 2 aliphatic rings. The zero-order valence-corrected chi connectivity index (χ0v) is 23.1. The van der Waals surface area contributed by atoms with E-state index >= 15 is 4.39 Å². The van der Waals surface area contributed by atoms with E-state index in [0.717, 1.165) is 41.0 Å². The lowest BCUT2D eigenvalue weighted by atomic mass is 10.0. The average Bonchev–Trinajstić information content (AvgIpc) is 3.54. The predicted octanol–water partition coefficient (Wildman–Crippen LogP) is 5.70. The summed E-state index contributed by atoms with van der Waals surface area (Å²) in [6, 6.07) is 15.3. The fourth-order valence-electron chi connectivity index (χ4n) is 5.24. The number of rotatable bonds is 11. The number of hydrogen-bond acceptors (Lipinski definition) is 6. The zero-order valence-electron chi connectivity index (χ0n) is 22.4. The maximum atomic E-state index is 15.6. The van der Waals surface area contributed by atoms with Crippen molar-refractivity contribution in [2.75, 3.05) is 26.5 Å². The highest BCUT2D eigenvalue weighted by Crippen LogP contribution is 2.29. The van der Waals surface area contributed by atoms with Gasteiger partial charge in [0.1, 0.15) is 25.0 Å². The van der Waals surface area contributed by atoms with E-state index in [1.165, 1.54) is 18.2 Å². The van der Waals surface area contributed by atoms with Gasteiger partial charge < -0.3 is 23.9 Å². The van der Waals surface area contributed by atoms with E-state index in [1.807, 2.05) is 24.3 Å². The van der Waals surface area contributed by atoms with E-state index in [9.17, 15) is 4.39 Å². The topological polar surface area (TPSA) is 69.0 Å². The summed E-state index contributed by atoms with van der Waals surface area (Å²) in [4.78, 5) is 7.15. The summed E-state index contributed by atoms with van der Waals surface area (Å²) < 4.78 is 48.3. The summed E-state index contributed by atoms with van der Waals surface area (Å²) in [7, 11) is 0. The van der Waals surface area contributed by atoms with Gasteiger partial charge in [-0.1, -0.05) is 41.9 Å². The molecule has 0 saturated carbocycles. The van der Waals surface area contributed by atoms with Gasteiger partial charge in [0.15, 0.2) is 11.6 Å². The van der Waals surface area contributed by atoms with Crippen molar-refractivity contribution < 1.29 is 28.1 Å². The van der Waals surface area contributed by atoms with Gasteiger partial charge in [-0.2, -0.15) is 0 Å². The van der Waals surface area contributed by atoms with E-state index < -0.39 is 5.82 Å². The van der Waals surface area contributed by atoms with E-state index in [1.54, 1.807) is 18.2 Å². The first-order chi connectivity index (χ1) is 20.0. The lowest BCUT2D eigenvalue weighted by Gasteiger charge is -2.28. The number of aromatic nitrogens is 2. The Balaban J connectivity index is 1.17. The molecular weight excluding hydrogens is 552 g/mol. The molecule has 1 N–H and O–H groups in total. The van der Waals surface area contributed by atoms with Crippen LogP contribution >= 0.6 is 11.6 Å². The highest BCUT2D eigenvalue weighted by atomic mass is 35.5. The fraction of sp³-hybridized carbons (Fsp3) is 0.323. The summed E-state index contributed by atoms with van der Waals surface area (Å²) in [5.74, 6) is -0.0264. The number of halogens is 3.